The van der Waals surface area contributed by atoms with E-state index in [0.29, 0.717) is 24.0 Å². The molecule has 0 aliphatic rings. The van der Waals surface area contributed by atoms with Gasteiger partial charge in [0.05, 0.1) is 0 Å². The van der Waals surface area contributed by atoms with Gasteiger partial charge in [-0.05, 0) is 44.2 Å². The van der Waals surface area contributed by atoms with Crippen molar-refractivity contribution in [3.8, 4) is 0 Å². The lowest BCUT2D eigenvalue weighted by atomic mass is 9.89. The molecule has 1 rings (SSSR count). The fourth-order valence-corrected chi connectivity index (χ4v) is 2.50. The van der Waals surface area contributed by atoms with E-state index >= 15 is 0 Å². The maximum atomic E-state index is 12.4. The Hall–Kier alpha value is -1.38. The van der Waals surface area contributed by atoms with E-state index in [9.17, 15) is 4.79 Å². The van der Waals surface area contributed by atoms with Crippen LogP contribution in [0.2, 0.25) is 0 Å². The predicted octanol–water partition coefficient (Wildman–Crippen LogP) is 3.47. The Morgan fingerprint density at radius 1 is 1.32 bits per heavy atom. The average Bonchev–Trinajstić information content (AvgIpc) is 2.62. The zero-order valence-corrected chi connectivity index (χ0v) is 20.6. The number of amides is 1. The van der Waals surface area contributed by atoms with Crippen LogP contribution < -0.4 is 10.6 Å². The molecule has 0 aromatic carbocycles. The minimum atomic E-state index is 0. The van der Waals surface area contributed by atoms with Crippen molar-refractivity contribution in [2.24, 2.45) is 10.4 Å². The summed E-state index contributed by atoms with van der Waals surface area (Å²) in [5, 5.41) is 6.62. The second kappa shape index (κ2) is 13.7. The number of carbonyl (C=O) groups is 1. The number of halogens is 1. The molecule has 0 saturated carbocycles. The minimum absolute atomic E-state index is 0. The smallest absolute Gasteiger partial charge is 0.244 e. The summed E-state index contributed by atoms with van der Waals surface area (Å²) in [7, 11) is 1.81. The Balaban J connectivity index is 0.00000729. The molecule has 0 aliphatic heterocycles. The van der Waals surface area contributed by atoms with Crippen molar-refractivity contribution < 1.29 is 4.79 Å². The second-order valence-electron chi connectivity index (χ2n) is 8.23. The van der Waals surface area contributed by atoms with Crippen LogP contribution >= 0.6 is 24.0 Å². The van der Waals surface area contributed by atoms with Crippen LogP contribution in [0.1, 0.15) is 53.2 Å². The van der Waals surface area contributed by atoms with Crippen molar-refractivity contribution in [1.29, 1.82) is 0 Å². The van der Waals surface area contributed by atoms with Crippen LogP contribution in [0.5, 0.6) is 0 Å². The third-order valence-electron chi connectivity index (χ3n) is 4.28. The first-order chi connectivity index (χ1) is 12.7. The molecule has 0 bridgehead atoms. The fourth-order valence-electron chi connectivity index (χ4n) is 2.50. The molecule has 1 atom stereocenters. The largest absolute Gasteiger partial charge is 0.357 e. The summed E-state index contributed by atoms with van der Waals surface area (Å²) < 4.78 is 0. The number of hydrogen-bond acceptors (Lipinski definition) is 3. The molecule has 0 saturated heterocycles. The van der Waals surface area contributed by atoms with Crippen molar-refractivity contribution in [3.63, 3.8) is 0 Å². The second-order valence-corrected chi connectivity index (χ2v) is 8.23. The van der Waals surface area contributed by atoms with Gasteiger partial charge in [0, 0.05) is 44.5 Å². The molecular formula is C21H38IN5O. The third-order valence-corrected chi connectivity index (χ3v) is 4.28. The summed E-state index contributed by atoms with van der Waals surface area (Å²) in [6.07, 6.45) is 4.72. The van der Waals surface area contributed by atoms with E-state index in [2.05, 4.69) is 48.3 Å². The lowest BCUT2D eigenvalue weighted by Gasteiger charge is -2.23. The molecule has 7 heteroatoms. The average molecular weight is 503 g/mol. The van der Waals surface area contributed by atoms with Gasteiger partial charge in [0.25, 0.3) is 0 Å². The van der Waals surface area contributed by atoms with Gasteiger partial charge < -0.3 is 15.5 Å². The molecule has 28 heavy (non-hydrogen) atoms. The topological polar surface area (TPSA) is 69.6 Å². The first-order valence-electron chi connectivity index (χ1n) is 9.90. The van der Waals surface area contributed by atoms with E-state index < -0.39 is 0 Å². The number of guanidine groups is 1. The monoisotopic (exact) mass is 503 g/mol. The Labute approximate surface area is 188 Å². The summed E-state index contributed by atoms with van der Waals surface area (Å²) >= 11 is 0. The number of aromatic nitrogens is 1. The maximum Gasteiger partial charge on any atom is 0.244 e. The van der Waals surface area contributed by atoms with Crippen molar-refractivity contribution >= 4 is 35.8 Å². The van der Waals surface area contributed by atoms with E-state index in [1.165, 1.54) is 0 Å². The lowest BCUT2D eigenvalue weighted by molar-refractivity contribution is -0.128. The number of hydrogen-bond donors (Lipinski definition) is 2. The first kappa shape index (κ1) is 26.6. The van der Waals surface area contributed by atoms with Crippen molar-refractivity contribution in [3.05, 3.63) is 30.1 Å². The van der Waals surface area contributed by atoms with Crippen LogP contribution in [0.3, 0.4) is 0 Å². The molecule has 160 valence electrons. The molecule has 1 aromatic rings. The maximum absolute atomic E-state index is 12.4. The van der Waals surface area contributed by atoms with Crippen molar-refractivity contribution in [1.82, 2.24) is 20.5 Å². The number of aliphatic imine (C=N–C) groups is 1. The van der Waals surface area contributed by atoms with Crippen molar-refractivity contribution in [2.75, 3.05) is 26.7 Å². The molecule has 0 radical (unpaired) electrons. The molecule has 1 aromatic heterocycles. The number of nitrogens with one attached hydrogen (secondary N) is 2. The Kier molecular flexibility index (Phi) is 13.1. The van der Waals surface area contributed by atoms with E-state index in [4.69, 9.17) is 0 Å². The van der Waals surface area contributed by atoms with Gasteiger partial charge in [-0.3, -0.25) is 9.78 Å². The highest BCUT2D eigenvalue weighted by atomic mass is 127. The number of rotatable bonds is 9. The van der Waals surface area contributed by atoms with Crippen LogP contribution in [0.25, 0.3) is 0 Å². The Morgan fingerprint density at radius 2 is 2.04 bits per heavy atom. The van der Waals surface area contributed by atoms with Gasteiger partial charge >= 0.3 is 0 Å². The van der Waals surface area contributed by atoms with Gasteiger partial charge in [-0.1, -0.05) is 26.8 Å². The van der Waals surface area contributed by atoms with Crippen LogP contribution in [0.4, 0.5) is 0 Å². The summed E-state index contributed by atoms with van der Waals surface area (Å²) in [6, 6.07) is 6.14. The van der Waals surface area contributed by atoms with Gasteiger partial charge in [0.2, 0.25) is 5.91 Å². The predicted molar refractivity (Wildman–Crippen MR) is 128 cm³/mol. The molecule has 6 nitrogen and oxygen atoms in total. The van der Waals surface area contributed by atoms with Gasteiger partial charge in [0.15, 0.2) is 5.96 Å². The van der Waals surface area contributed by atoms with E-state index in [1.807, 2.05) is 32.2 Å². The number of likely N-dealkylation sites (N-methyl/N-ethyl adjacent to an activating group) is 1. The highest BCUT2D eigenvalue weighted by molar-refractivity contribution is 14.0. The van der Waals surface area contributed by atoms with Gasteiger partial charge in [-0.15, -0.1) is 24.0 Å². The van der Waals surface area contributed by atoms with Gasteiger partial charge in [0.1, 0.15) is 6.54 Å². The summed E-state index contributed by atoms with van der Waals surface area (Å²) in [5.74, 6) is 0.705. The van der Waals surface area contributed by atoms with E-state index in [-0.39, 0.29) is 36.4 Å². The lowest BCUT2D eigenvalue weighted by Crippen LogP contribution is -2.43. The van der Waals surface area contributed by atoms with E-state index in [0.717, 1.165) is 31.5 Å². The highest BCUT2D eigenvalue weighted by Gasteiger charge is 2.14. The van der Waals surface area contributed by atoms with Gasteiger partial charge in [-0.2, -0.15) is 0 Å². The molecule has 1 heterocycles. The zero-order chi connectivity index (χ0) is 20.3. The third kappa shape index (κ3) is 12.2. The molecule has 2 N–H and O–H groups in total. The number of carbonyl (C=O) groups excluding carboxylic acids is 1. The molecule has 1 unspecified atom stereocenters. The molecule has 0 fully saturated rings. The van der Waals surface area contributed by atoms with Crippen LogP contribution in [-0.2, 0) is 11.2 Å². The fraction of sp³-hybridized carbons (Fsp3) is 0.667. The summed E-state index contributed by atoms with van der Waals surface area (Å²) in [4.78, 5) is 22.8. The Morgan fingerprint density at radius 3 is 2.61 bits per heavy atom. The SMILES string of the molecule is CCNC(=NCC(=O)N(C)CCc1ccccn1)NC(C)CCC(C)(C)C.I. The molecular weight excluding hydrogens is 465 g/mol. The number of pyridine rings is 1. The van der Waals surface area contributed by atoms with E-state index in [1.54, 1.807) is 11.1 Å². The quantitative estimate of drug-likeness (QED) is 0.308. The van der Waals surface area contributed by atoms with Crippen LogP contribution in [0.15, 0.2) is 29.4 Å². The first-order valence-corrected chi connectivity index (χ1v) is 9.90. The number of nitrogens with zero attached hydrogens (tertiary/aromatic N) is 3. The van der Waals surface area contributed by atoms with Crippen molar-refractivity contribution in [2.45, 2.75) is 59.9 Å². The minimum Gasteiger partial charge on any atom is -0.357 e. The summed E-state index contributed by atoms with van der Waals surface area (Å²) in [5.41, 5.74) is 1.31. The van der Waals surface area contributed by atoms with Gasteiger partial charge in [-0.25, -0.2) is 4.99 Å². The normalized spacial score (nSPS) is 12.7. The Bertz CT molecular complexity index is 586. The highest BCUT2D eigenvalue weighted by Crippen LogP contribution is 2.21. The van der Waals surface area contributed by atoms with Crippen LogP contribution in [-0.4, -0.2) is 54.5 Å². The summed E-state index contributed by atoms with van der Waals surface area (Å²) in [6.45, 7) is 12.5. The molecule has 1 amide bonds. The van der Waals surface area contributed by atoms with Crippen LogP contribution in [0, 0.1) is 5.41 Å². The standard InChI is InChI=1S/C21H37N5O.HI/c1-7-22-20(25-17(2)11-13-21(3,4)5)24-16-19(27)26(6)15-12-18-10-8-9-14-23-18;/h8-10,14,17H,7,11-13,15-16H2,1-6H3,(H2,22,24,25);1H. The molecule has 0 aliphatic carbocycles. The zero-order valence-electron chi connectivity index (χ0n) is 18.3. The molecule has 0 spiro atoms.